The van der Waals surface area contributed by atoms with Crippen LogP contribution in [0, 0.1) is 10.1 Å². The molecule has 3 aromatic rings. The number of nitro groups is 1. The van der Waals surface area contributed by atoms with E-state index in [-0.39, 0.29) is 17.0 Å². The van der Waals surface area contributed by atoms with E-state index in [1.54, 1.807) is 36.5 Å². The number of pyridine rings is 1. The highest BCUT2D eigenvalue weighted by molar-refractivity contribution is 5.98. The van der Waals surface area contributed by atoms with Crippen LogP contribution in [-0.2, 0) is 9.53 Å². The van der Waals surface area contributed by atoms with E-state index >= 15 is 0 Å². The molecule has 0 saturated heterocycles. The maximum atomic E-state index is 12.6. The lowest BCUT2D eigenvalue weighted by Crippen LogP contribution is -2.30. The number of nitrogens with one attached hydrogen (secondary N) is 1. The van der Waals surface area contributed by atoms with Crippen molar-refractivity contribution in [1.82, 2.24) is 4.98 Å². The number of hydrogen-bond acceptors (Lipinski definition) is 7. The zero-order chi connectivity index (χ0) is 21.5. The maximum absolute atomic E-state index is 12.6. The minimum absolute atomic E-state index is 0.0994. The molecule has 3 rings (SSSR count). The van der Waals surface area contributed by atoms with Crippen LogP contribution in [0.3, 0.4) is 0 Å². The van der Waals surface area contributed by atoms with Crippen molar-refractivity contribution >= 4 is 23.3 Å². The molecule has 0 aliphatic carbocycles. The Morgan fingerprint density at radius 1 is 1.07 bits per heavy atom. The fourth-order valence-corrected chi connectivity index (χ4v) is 2.45. The molecule has 1 aromatic heterocycles. The lowest BCUT2D eigenvalue weighted by molar-refractivity contribution is -0.384. The van der Waals surface area contributed by atoms with E-state index in [1.807, 2.05) is 0 Å². The first-order valence-corrected chi connectivity index (χ1v) is 8.87. The fraction of sp³-hybridized carbons (Fsp3) is 0.0952. The number of ether oxygens (including phenoxy) is 2. The predicted molar refractivity (Wildman–Crippen MR) is 107 cm³/mol. The van der Waals surface area contributed by atoms with Gasteiger partial charge >= 0.3 is 5.97 Å². The molecule has 0 saturated carbocycles. The Balaban J connectivity index is 1.65. The Labute approximate surface area is 171 Å². The number of benzene rings is 2. The molecule has 0 aliphatic rings. The lowest BCUT2D eigenvalue weighted by atomic mass is 10.2. The number of esters is 1. The molecule has 30 heavy (non-hydrogen) atoms. The molecule has 9 nitrogen and oxygen atoms in total. The third-order valence-electron chi connectivity index (χ3n) is 3.97. The Bertz CT molecular complexity index is 1050. The first kappa shape index (κ1) is 20.5. The second-order valence-corrected chi connectivity index (χ2v) is 6.13. The summed E-state index contributed by atoms with van der Waals surface area (Å²) in [7, 11) is 0. The Kier molecular flexibility index (Phi) is 6.33. The number of anilines is 1. The Morgan fingerprint density at radius 2 is 1.80 bits per heavy atom. The summed E-state index contributed by atoms with van der Waals surface area (Å²) in [5, 5.41) is 13.2. The summed E-state index contributed by atoms with van der Waals surface area (Å²) in [6, 6.07) is 15.2. The van der Waals surface area contributed by atoms with E-state index in [0.29, 0.717) is 11.4 Å². The summed E-state index contributed by atoms with van der Waals surface area (Å²) < 4.78 is 10.9. The van der Waals surface area contributed by atoms with Gasteiger partial charge in [0, 0.05) is 24.0 Å². The molecule has 1 heterocycles. The Hall–Kier alpha value is -4.27. The molecule has 1 atom stereocenters. The summed E-state index contributed by atoms with van der Waals surface area (Å²) in [5.74, 6) is -0.608. The molecule has 1 N–H and O–H groups in total. The number of carbonyl (C=O) groups excluding carboxylic acids is 2. The second-order valence-electron chi connectivity index (χ2n) is 6.13. The number of para-hydroxylation sites is 1. The van der Waals surface area contributed by atoms with Crippen LogP contribution in [0.5, 0.6) is 11.5 Å². The Morgan fingerprint density at radius 3 is 2.47 bits per heavy atom. The molecular weight excluding hydrogens is 390 g/mol. The van der Waals surface area contributed by atoms with E-state index in [2.05, 4.69) is 10.3 Å². The summed E-state index contributed by atoms with van der Waals surface area (Å²) in [6.45, 7) is 1.42. The number of rotatable bonds is 7. The molecular formula is C21H17N3O6. The standard InChI is InChI=1S/C21H17N3O6/c1-14(20(25)23-15-8-10-16(11-9-15)24(27)28)29-21(26)18-6-2-3-7-19(18)30-17-5-4-12-22-13-17/h2-14H,1H3,(H,23,25). The van der Waals surface area contributed by atoms with E-state index in [9.17, 15) is 19.7 Å². The molecule has 9 heteroatoms. The second kappa shape index (κ2) is 9.28. The summed E-state index contributed by atoms with van der Waals surface area (Å²) in [5.41, 5.74) is 0.392. The number of aromatic nitrogens is 1. The number of nitrogens with zero attached hydrogens (tertiary/aromatic N) is 2. The highest BCUT2D eigenvalue weighted by atomic mass is 16.6. The van der Waals surface area contributed by atoms with Gasteiger partial charge in [0.05, 0.1) is 11.1 Å². The smallest absolute Gasteiger partial charge is 0.342 e. The quantitative estimate of drug-likeness (QED) is 0.357. The zero-order valence-electron chi connectivity index (χ0n) is 15.8. The molecule has 1 unspecified atom stereocenters. The maximum Gasteiger partial charge on any atom is 0.342 e. The van der Waals surface area contributed by atoms with Gasteiger partial charge in [0.1, 0.15) is 17.1 Å². The zero-order valence-corrected chi connectivity index (χ0v) is 15.8. The highest BCUT2D eigenvalue weighted by Gasteiger charge is 2.22. The van der Waals surface area contributed by atoms with Gasteiger partial charge < -0.3 is 14.8 Å². The van der Waals surface area contributed by atoms with Gasteiger partial charge in [0.2, 0.25) is 0 Å². The van der Waals surface area contributed by atoms with Crippen LogP contribution in [0.25, 0.3) is 0 Å². The molecule has 1 amide bonds. The molecule has 0 aliphatic heterocycles. The number of amides is 1. The average molecular weight is 407 g/mol. The third kappa shape index (κ3) is 5.16. The van der Waals surface area contributed by atoms with Crippen molar-refractivity contribution in [2.75, 3.05) is 5.32 Å². The van der Waals surface area contributed by atoms with Crippen LogP contribution in [0.1, 0.15) is 17.3 Å². The van der Waals surface area contributed by atoms with Crippen molar-refractivity contribution in [3.05, 3.63) is 88.7 Å². The van der Waals surface area contributed by atoms with Crippen molar-refractivity contribution < 1.29 is 24.0 Å². The highest BCUT2D eigenvalue weighted by Crippen LogP contribution is 2.25. The number of non-ortho nitro benzene ring substituents is 1. The topological polar surface area (TPSA) is 121 Å². The lowest BCUT2D eigenvalue weighted by Gasteiger charge is -2.15. The van der Waals surface area contributed by atoms with Crippen molar-refractivity contribution in [2.24, 2.45) is 0 Å². The normalized spacial score (nSPS) is 11.2. The van der Waals surface area contributed by atoms with Gasteiger partial charge in [-0.15, -0.1) is 0 Å². The molecule has 0 radical (unpaired) electrons. The van der Waals surface area contributed by atoms with Gasteiger partial charge in [-0.05, 0) is 43.3 Å². The first-order chi connectivity index (χ1) is 14.4. The number of carbonyl (C=O) groups is 2. The van der Waals surface area contributed by atoms with E-state index < -0.39 is 22.9 Å². The summed E-state index contributed by atoms with van der Waals surface area (Å²) in [6.07, 6.45) is 1.99. The van der Waals surface area contributed by atoms with Crippen LogP contribution in [-0.4, -0.2) is 27.9 Å². The average Bonchev–Trinajstić information content (AvgIpc) is 2.75. The van der Waals surface area contributed by atoms with Crippen LogP contribution < -0.4 is 10.1 Å². The molecule has 0 bridgehead atoms. The van der Waals surface area contributed by atoms with E-state index in [4.69, 9.17) is 9.47 Å². The minimum atomic E-state index is -1.11. The largest absolute Gasteiger partial charge is 0.455 e. The molecule has 2 aromatic carbocycles. The first-order valence-electron chi connectivity index (χ1n) is 8.87. The molecule has 0 spiro atoms. The van der Waals surface area contributed by atoms with Gasteiger partial charge in [-0.25, -0.2) is 4.79 Å². The van der Waals surface area contributed by atoms with Gasteiger partial charge in [-0.2, -0.15) is 0 Å². The van der Waals surface area contributed by atoms with Crippen LogP contribution >= 0.6 is 0 Å². The number of nitro benzene ring substituents is 1. The van der Waals surface area contributed by atoms with Gasteiger partial charge in [-0.1, -0.05) is 12.1 Å². The summed E-state index contributed by atoms with van der Waals surface area (Å²) >= 11 is 0. The van der Waals surface area contributed by atoms with E-state index in [1.165, 1.54) is 43.5 Å². The molecule has 0 fully saturated rings. The number of hydrogen-bond donors (Lipinski definition) is 1. The minimum Gasteiger partial charge on any atom is -0.455 e. The van der Waals surface area contributed by atoms with Gasteiger partial charge in [-0.3, -0.25) is 19.9 Å². The predicted octanol–water partition coefficient (Wildman–Crippen LogP) is 3.97. The van der Waals surface area contributed by atoms with Crippen LogP contribution in [0.15, 0.2) is 73.1 Å². The van der Waals surface area contributed by atoms with Crippen molar-refractivity contribution in [1.29, 1.82) is 0 Å². The van der Waals surface area contributed by atoms with Crippen molar-refractivity contribution in [2.45, 2.75) is 13.0 Å². The van der Waals surface area contributed by atoms with Gasteiger partial charge in [0.25, 0.3) is 11.6 Å². The van der Waals surface area contributed by atoms with Crippen LogP contribution in [0.2, 0.25) is 0 Å². The van der Waals surface area contributed by atoms with Gasteiger partial charge in [0.15, 0.2) is 6.10 Å². The summed E-state index contributed by atoms with van der Waals surface area (Å²) in [4.78, 5) is 39.0. The van der Waals surface area contributed by atoms with E-state index in [0.717, 1.165) is 0 Å². The van der Waals surface area contributed by atoms with Crippen molar-refractivity contribution in [3.63, 3.8) is 0 Å². The molecule has 152 valence electrons. The SMILES string of the molecule is CC(OC(=O)c1ccccc1Oc1cccnc1)C(=O)Nc1ccc([N+](=O)[O-])cc1. The van der Waals surface area contributed by atoms with Crippen molar-refractivity contribution in [3.8, 4) is 11.5 Å². The monoisotopic (exact) mass is 407 g/mol. The fourth-order valence-electron chi connectivity index (χ4n) is 2.45. The third-order valence-corrected chi connectivity index (χ3v) is 3.97. The van der Waals surface area contributed by atoms with Crippen LogP contribution in [0.4, 0.5) is 11.4 Å².